The fourth-order valence-corrected chi connectivity index (χ4v) is 1.93. The Morgan fingerprint density at radius 1 is 1.43 bits per heavy atom. The first-order chi connectivity index (χ1) is 6.77. The van der Waals surface area contributed by atoms with E-state index in [2.05, 4.69) is 10.1 Å². The van der Waals surface area contributed by atoms with E-state index < -0.39 is 0 Å². The fraction of sp³-hybridized carbons (Fsp3) is 0.778. The Morgan fingerprint density at radius 3 is 3.00 bits per heavy atom. The van der Waals surface area contributed by atoms with Gasteiger partial charge in [0, 0.05) is 12.6 Å². The molecule has 2 saturated heterocycles. The first kappa shape index (κ1) is 9.45. The molecule has 0 saturated carbocycles. The Morgan fingerprint density at radius 2 is 2.29 bits per heavy atom. The molecule has 5 heteroatoms. The van der Waals surface area contributed by atoms with Crippen LogP contribution in [0.4, 0.5) is 0 Å². The quantitative estimate of drug-likeness (QED) is 0.556. The topological polar surface area (TPSA) is 58.6 Å². The molecule has 2 aliphatic heterocycles. The lowest BCUT2D eigenvalue weighted by Crippen LogP contribution is -2.54. The molecule has 0 aromatic heterocycles. The number of piperidine rings is 1. The SMILES string of the molecule is O=C1CN(C2CCCNC2)C(=O)CO1. The number of nitrogens with zero attached hydrogens (tertiary/aromatic N) is 1. The average Bonchev–Trinajstić information content (AvgIpc) is 2.23. The zero-order chi connectivity index (χ0) is 9.97. The van der Waals surface area contributed by atoms with Crippen LogP contribution in [0.3, 0.4) is 0 Å². The molecule has 0 bridgehead atoms. The molecule has 5 nitrogen and oxygen atoms in total. The van der Waals surface area contributed by atoms with Crippen LogP contribution in [0.15, 0.2) is 0 Å². The lowest BCUT2D eigenvalue weighted by Gasteiger charge is -2.35. The summed E-state index contributed by atoms with van der Waals surface area (Å²) >= 11 is 0. The summed E-state index contributed by atoms with van der Waals surface area (Å²) in [4.78, 5) is 24.1. The molecular weight excluding hydrogens is 184 g/mol. The van der Waals surface area contributed by atoms with E-state index in [1.54, 1.807) is 4.90 Å². The standard InChI is InChI=1S/C9H14N2O3/c12-8-6-14-9(13)5-11(8)7-2-1-3-10-4-7/h7,10H,1-6H2. The molecule has 0 aromatic carbocycles. The molecule has 2 aliphatic rings. The number of morpholine rings is 1. The highest BCUT2D eigenvalue weighted by molar-refractivity contribution is 5.88. The summed E-state index contributed by atoms with van der Waals surface area (Å²) in [5.74, 6) is -0.367. The Balaban J connectivity index is 1.99. The number of amides is 1. The summed E-state index contributed by atoms with van der Waals surface area (Å²) in [5, 5.41) is 3.22. The number of hydrogen-bond donors (Lipinski definition) is 1. The summed E-state index contributed by atoms with van der Waals surface area (Å²) in [6.45, 7) is 1.82. The van der Waals surface area contributed by atoms with Crippen molar-refractivity contribution in [3.8, 4) is 0 Å². The van der Waals surface area contributed by atoms with E-state index in [1.807, 2.05) is 0 Å². The number of cyclic esters (lactones) is 1. The van der Waals surface area contributed by atoms with Gasteiger partial charge in [0.25, 0.3) is 5.91 Å². The van der Waals surface area contributed by atoms with Gasteiger partial charge in [0.1, 0.15) is 6.54 Å². The Kier molecular flexibility index (Phi) is 2.67. The zero-order valence-corrected chi connectivity index (χ0v) is 7.99. The van der Waals surface area contributed by atoms with Crippen molar-refractivity contribution in [3.05, 3.63) is 0 Å². The van der Waals surface area contributed by atoms with Crippen molar-refractivity contribution in [2.24, 2.45) is 0 Å². The Hall–Kier alpha value is -1.10. The van der Waals surface area contributed by atoms with E-state index in [0.717, 1.165) is 25.9 Å². The molecule has 0 aliphatic carbocycles. The van der Waals surface area contributed by atoms with Gasteiger partial charge in [-0.25, -0.2) is 0 Å². The van der Waals surface area contributed by atoms with Crippen molar-refractivity contribution in [1.29, 1.82) is 0 Å². The molecule has 2 heterocycles. The molecule has 2 fully saturated rings. The van der Waals surface area contributed by atoms with Crippen LogP contribution in [-0.4, -0.2) is 49.1 Å². The van der Waals surface area contributed by atoms with Crippen molar-refractivity contribution in [2.75, 3.05) is 26.2 Å². The van der Waals surface area contributed by atoms with Crippen LogP contribution in [0.2, 0.25) is 0 Å². The van der Waals surface area contributed by atoms with Crippen LogP contribution >= 0.6 is 0 Å². The minimum Gasteiger partial charge on any atom is -0.454 e. The second-order valence-corrected chi connectivity index (χ2v) is 3.68. The number of carbonyl (C=O) groups excluding carboxylic acids is 2. The third-order valence-electron chi connectivity index (χ3n) is 2.69. The van der Waals surface area contributed by atoms with Gasteiger partial charge < -0.3 is 15.0 Å². The van der Waals surface area contributed by atoms with Gasteiger partial charge in [0.05, 0.1) is 0 Å². The maximum Gasteiger partial charge on any atom is 0.326 e. The minimum atomic E-state index is -0.296. The smallest absolute Gasteiger partial charge is 0.326 e. The summed E-state index contributed by atoms with van der Waals surface area (Å²) in [7, 11) is 0. The molecule has 1 amide bonds. The van der Waals surface area contributed by atoms with E-state index in [9.17, 15) is 9.59 Å². The molecule has 0 spiro atoms. The molecule has 14 heavy (non-hydrogen) atoms. The molecule has 0 radical (unpaired) electrons. The normalized spacial score (nSPS) is 28.9. The number of ether oxygens (including phenoxy) is 1. The van der Waals surface area contributed by atoms with E-state index >= 15 is 0 Å². The third kappa shape index (κ3) is 1.87. The van der Waals surface area contributed by atoms with E-state index in [1.165, 1.54) is 0 Å². The predicted octanol–water partition coefficient (Wildman–Crippen LogP) is -0.876. The van der Waals surface area contributed by atoms with Gasteiger partial charge in [-0.1, -0.05) is 0 Å². The maximum absolute atomic E-state index is 11.5. The highest BCUT2D eigenvalue weighted by atomic mass is 16.5. The fourth-order valence-electron chi connectivity index (χ4n) is 1.93. The van der Waals surface area contributed by atoms with Crippen LogP contribution in [-0.2, 0) is 14.3 Å². The largest absolute Gasteiger partial charge is 0.454 e. The maximum atomic E-state index is 11.5. The number of carbonyl (C=O) groups is 2. The van der Waals surface area contributed by atoms with Gasteiger partial charge in [-0.05, 0) is 19.4 Å². The highest BCUT2D eigenvalue weighted by Crippen LogP contribution is 2.13. The molecule has 0 aromatic rings. The lowest BCUT2D eigenvalue weighted by molar-refractivity contribution is -0.164. The number of esters is 1. The van der Waals surface area contributed by atoms with Gasteiger partial charge in [-0.15, -0.1) is 0 Å². The van der Waals surface area contributed by atoms with Gasteiger partial charge in [-0.3, -0.25) is 9.59 Å². The van der Waals surface area contributed by atoms with Crippen molar-refractivity contribution in [1.82, 2.24) is 10.2 Å². The van der Waals surface area contributed by atoms with Crippen molar-refractivity contribution in [2.45, 2.75) is 18.9 Å². The molecule has 78 valence electrons. The van der Waals surface area contributed by atoms with Crippen molar-refractivity contribution >= 4 is 11.9 Å². The van der Waals surface area contributed by atoms with Gasteiger partial charge in [0.15, 0.2) is 6.61 Å². The molecule has 1 N–H and O–H groups in total. The first-order valence-corrected chi connectivity index (χ1v) is 4.93. The summed E-state index contributed by atoms with van der Waals surface area (Å²) in [6.07, 6.45) is 2.04. The van der Waals surface area contributed by atoms with Gasteiger partial charge in [-0.2, -0.15) is 0 Å². The second kappa shape index (κ2) is 3.96. The van der Waals surface area contributed by atoms with Crippen molar-refractivity contribution in [3.63, 3.8) is 0 Å². The summed E-state index contributed by atoms with van der Waals surface area (Å²) < 4.78 is 4.66. The summed E-state index contributed by atoms with van der Waals surface area (Å²) in [5.41, 5.74) is 0. The number of nitrogens with one attached hydrogen (secondary N) is 1. The molecular formula is C9H14N2O3. The second-order valence-electron chi connectivity index (χ2n) is 3.68. The van der Waals surface area contributed by atoms with Crippen LogP contribution in [0.25, 0.3) is 0 Å². The summed E-state index contributed by atoms with van der Waals surface area (Å²) in [6, 6.07) is 0.170. The van der Waals surface area contributed by atoms with E-state index in [4.69, 9.17) is 0 Å². The van der Waals surface area contributed by atoms with Crippen LogP contribution < -0.4 is 5.32 Å². The lowest BCUT2D eigenvalue weighted by atomic mass is 10.1. The van der Waals surface area contributed by atoms with E-state index in [0.29, 0.717) is 0 Å². The zero-order valence-electron chi connectivity index (χ0n) is 7.99. The minimum absolute atomic E-state index is 0.0710. The number of rotatable bonds is 1. The highest BCUT2D eigenvalue weighted by Gasteiger charge is 2.31. The average molecular weight is 198 g/mol. The molecule has 1 unspecified atom stereocenters. The van der Waals surface area contributed by atoms with Crippen LogP contribution in [0.5, 0.6) is 0 Å². The molecule has 2 rings (SSSR count). The first-order valence-electron chi connectivity index (χ1n) is 4.93. The van der Waals surface area contributed by atoms with E-state index in [-0.39, 0.29) is 31.1 Å². The van der Waals surface area contributed by atoms with Crippen molar-refractivity contribution < 1.29 is 14.3 Å². The monoisotopic (exact) mass is 198 g/mol. The molecule has 1 atom stereocenters. The van der Waals surface area contributed by atoms with Crippen LogP contribution in [0, 0.1) is 0 Å². The third-order valence-corrected chi connectivity index (χ3v) is 2.69. The Labute approximate surface area is 82.4 Å². The Bertz CT molecular complexity index is 248. The predicted molar refractivity (Wildman–Crippen MR) is 48.6 cm³/mol. The van der Waals surface area contributed by atoms with Gasteiger partial charge >= 0.3 is 5.97 Å². The van der Waals surface area contributed by atoms with Crippen LogP contribution in [0.1, 0.15) is 12.8 Å². The number of hydrogen-bond acceptors (Lipinski definition) is 4. The van der Waals surface area contributed by atoms with Gasteiger partial charge in [0.2, 0.25) is 0 Å².